The minimum atomic E-state index is -0.520. The van der Waals surface area contributed by atoms with E-state index in [4.69, 9.17) is 11.5 Å². The second-order valence-corrected chi connectivity index (χ2v) is 9.23. The van der Waals surface area contributed by atoms with E-state index >= 15 is 0 Å². The summed E-state index contributed by atoms with van der Waals surface area (Å²) in [6.45, 7) is 6.22. The van der Waals surface area contributed by atoms with Gasteiger partial charge in [-0.1, -0.05) is 6.07 Å². The van der Waals surface area contributed by atoms with Crippen LogP contribution < -0.4 is 27.6 Å². The van der Waals surface area contributed by atoms with Crippen molar-refractivity contribution in [3.05, 3.63) is 34.4 Å². The summed E-state index contributed by atoms with van der Waals surface area (Å²) in [5.41, 5.74) is 14.3. The van der Waals surface area contributed by atoms with E-state index in [9.17, 15) is 4.79 Å². The summed E-state index contributed by atoms with van der Waals surface area (Å²) in [5.74, 6) is 1.22. The van der Waals surface area contributed by atoms with Gasteiger partial charge in [0, 0.05) is 25.3 Å². The van der Waals surface area contributed by atoms with Crippen molar-refractivity contribution in [2.45, 2.75) is 19.0 Å². The van der Waals surface area contributed by atoms with E-state index in [0.717, 1.165) is 30.9 Å². The number of hydrogen-bond acceptors (Lipinski definition) is 7. The first-order valence-corrected chi connectivity index (χ1v) is 11.0. The van der Waals surface area contributed by atoms with Gasteiger partial charge in [0.15, 0.2) is 17.0 Å². The van der Waals surface area contributed by atoms with Gasteiger partial charge in [-0.3, -0.25) is 4.57 Å². The molecule has 1 unspecified atom stereocenters. The van der Waals surface area contributed by atoms with Crippen LogP contribution in [-0.4, -0.2) is 57.0 Å². The van der Waals surface area contributed by atoms with Gasteiger partial charge in [-0.05, 0) is 39.3 Å². The van der Waals surface area contributed by atoms with Gasteiger partial charge in [-0.25, -0.2) is 19.7 Å². The first kappa shape index (κ1) is 17.9. The predicted octanol–water partition coefficient (Wildman–Crippen LogP) is 0.0493. The smallest absolute Gasteiger partial charge is 0.328 e. The molecule has 4 heterocycles. The molecule has 0 aliphatic carbocycles. The molecule has 5 N–H and O–H groups in total. The molecular weight excluding hydrogens is 363 g/mol. The van der Waals surface area contributed by atoms with E-state index < -0.39 is 7.92 Å². The van der Waals surface area contributed by atoms with E-state index in [2.05, 4.69) is 38.2 Å². The molecule has 1 aliphatic heterocycles. The first-order chi connectivity index (χ1) is 12.9. The SMILES string of the molecule is CP(C)c1nc(N)c2[nH]c(=O)n(Cc3ccc(N4CCC(N)C4)nc3)c2n1. The van der Waals surface area contributed by atoms with E-state index in [1.54, 1.807) is 10.8 Å². The molecule has 1 aliphatic rings. The van der Waals surface area contributed by atoms with Crippen LogP contribution in [0.3, 0.4) is 0 Å². The minimum Gasteiger partial charge on any atom is -0.382 e. The van der Waals surface area contributed by atoms with Crippen molar-refractivity contribution in [1.29, 1.82) is 0 Å². The Kier molecular flexibility index (Phi) is 4.57. The minimum absolute atomic E-state index is 0.207. The molecule has 1 saturated heterocycles. The van der Waals surface area contributed by atoms with Gasteiger partial charge in [0.05, 0.1) is 6.54 Å². The molecular formula is C17H23N8OP. The zero-order valence-electron chi connectivity index (χ0n) is 15.4. The summed E-state index contributed by atoms with van der Waals surface area (Å²) in [4.78, 5) is 30.8. The number of aromatic nitrogens is 5. The maximum atomic E-state index is 12.4. The van der Waals surface area contributed by atoms with Crippen molar-refractivity contribution < 1.29 is 0 Å². The maximum Gasteiger partial charge on any atom is 0.328 e. The average molecular weight is 386 g/mol. The zero-order chi connectivity index (χ0) is 19.1. The predicted molar refractivity (Wildman–Crippen MR) is 109 cm³/mol. The highest BCUT2D eigenvalue weighted by Gasteiger charge is 2.20. The molecule has 10 heteroatoms. The highest BCUT2D eigenvalue weighted by atomic mass is 31.1. The fraction of sp³-hybridized carbons (Fsp3) is 0.412. The lowest BCUT2D eigenvalue weighted by Gasteiger charge is -2.16. The molecule has 0 bridgehead atoms. The molecule has 1 fully saturated rings. The topological polar surface area (TPSA) is 132 Å². The molecule has 142 valence electrons. The lowest BCUT2D eigenvalue weighted by atomic mass is 10.2. The fourth-order valence-electron chi connectivity index (χ4n) is 3.26. The van der Waals surface area contributed by atoms with Gasteiger partial charge >= 0.3 is 5.69 Å². The third-order valence-electron chi connectivity index (χ3n) is 4.74. The van der Waals surface area contributed by atoms with Gasteiger partial charge in [-0.2, -0.15) is 0 Å². The first-order valence-electron chi connectivity index (χ1n) is 8.81. The second kappa shape index (κ2) is 6.90. The Hall–Kier alpha value is -2.51. The molecule has 0 spiro atoms. The van der Waals surface area contributed by atoms with Gasteiger partial charge in [0.1, 0.15) is 11.3 Å². The van der Waals surface area contributed by atoms with E-state index in [0.29, 0.717) is 29.1 Å². The molecule has 0 amide bonds. The summed E-state index contributed by atoms with van der Waals surface area (Å²) in [7, 11) is -0.520. The van der Waals surface area contributed by atoms with Gasteiger partial charge in [0.2, 0.25) is 0 Å². The second-order valence-electron chi connectivity index (χ2n) is 7.04. The van der Waals surface area contributed by atoms with Gasteiger partial charge in [0.25, 0.3) is 0 Å². The quantitative estimate of drug-likeness (QED) is 0.540. The normalized spacial score (nSPS) is 17.3. The van der Waals surface area contributed by atoms with Gasteiger partial charge in [-0.15, -0.1) is 0 Å². The Morgan fingerprint density at radius 1 is 1.33 bits per heavy atom. The summed E-state index contributed by atoms with van der Waals surface area (Å²) < 4.78 is 1.58. The molecule has 0 radical (unpaired) electrons. The molecule has 1 atom stereocenters. The third kappa shape index (κ3) is 3.40. The Bertz CT molecular complexity index is 1030. The summed E-state index contributed by atoms with van der Waals surface area (Å²) >= 11 is 0. The molecule has 0 aromatic carbocycles. The molecule has 27 heavy (non-hydrogen) atoms. The van der Waals surface area contributed by atoms with Crippen LogP contribution in [0.2, 0.25) is 0 Å². The van der Waals surface area contributed by atoms with Crippen LogP contribution in [0.5, 0.6) is 0 Å². The van der Waals surface area contributed by atoms with Gasteiger partial charge < -0.3 is 21.4 Å². The van der Waals surface area contributed by atoms with E-state index in [1.807, 2.05) is 12.1 Å². The number of H-pyrrole nitrogens is 1. The monoisotopic (exact) mass is 386 g/mol. The Labute approximate surface area is 157 Å². The van der Waals surface area contributed by atoms with Crippen LogP contribution >= 0.6 is 7.92 Å². The Morgan fingerprint density at radius 3 is 2.78 bits per heavy atom. The highest BCUT2D eigenvalue weighted by Crippen LogP contribution is 2.24. The van der Waals surface area contributed by atoms with Crippen molar-refractivity contribution in [1.82, 2.24) is 24.5 Å². The number of imidazole rings is 1. The van der Waals surface area contributed by atoms with Crippen molar-refractivity contribution in [2.75, 3.05) is 37.1 Å². The molecule has 0 saturated carbocycles. The van der Waals surface area contributed by atoms with Crippen molar-refractivity contribution in [2.24, 2.45) is 5.73 Å². The molecule has 3 aromatic rings. The van der Waals surface area contributed by atoms with Crippen molar-refractivity contribution >= 4 is 36.3 Å². The number of fused-ring (bicyclic) bond motifs is 1. The van der Waals surface area contributed by atoms with E-state index in [1.165, 1.54) is 0 Å². The largest absolute Gasteiger partial charge is 0.382 e. The fourth-order valence-corrected chi connectivity index (χ4v) is 3.86. The van der Waals surface area contributed by atoms with Crippen LogP contribution in [0.25, 0.3) is 11.2 Å². The summed E-state index contributed by atoms with van der Waals surface area (Å²) in [6, 6.07) is 4.16. The summed E-state index contributed by atoms with van der Waals surface area (Å²) in [6.07, 6.45) is 2.78. The summed E-state index contributed by atoms with van der Waals surface area (Å²) in [5, 5.41) is 0. The number of aromatic amines is 1. The Morgan fingerprint density at radius 2 is 2.15 bits per heavy atom. The van der Waals surface area contributed by atoms with Crippen LogP contribution in [0.4, 0.5) is 11.6 Å². The number of pyridine rings is 1. The van der Waals surface area contributed by atoms with Crippen LogP contribution in [0.1, 0.15) is 12.0 Å². The molecule has 4 rings (SSSR count). The lowest BCUT2D eigenvalue weighted by Crippen LogP contribution is -2.26. The Balaban J connectivity index is 1.65. The lowest BCUT2D eigenvalue weighted by molar-refractivity contribution is 0.751. The van der Waals surface area contributed by atoms with E-state index in [-0.39, 0.29) is 11.7 Å². The number of nitrogens with zero attached hydrogens (tertiary/aromatic N) is 5. The standard InChI is InChI=1S/C17H23N8OP/c1-27(2)16-22-14(19)13-15(23-16)25(17(26)21-13)8-10-3-4-12(20-7-10)24-6-5-11(18)9-24/h3-4,7,11H,5-6,8-9,18H2,1-2H3,(H,21,26)(H2,19,22,23). The highest BCUT2D eigenvalue weighted by molar-refractivity contribution is 7.63. The van der Waals surface area contributed by atoms with Crippen molar-refractivity contribution in [3.63, 3.8) is 0 Å². The van der Waals surface area contributed by atoms with Crippen molar-refractivity contribution in [3.8, 4) is 0 Å². The number of anilines is 2. The number of hydrogen-bond donors (Lipinski definition) is 3. The number of rotatable bonds is 4. The number of nitrogen functional groups attached to an aromatic ring is 1. The number of nitrogens with two attached hydrogens (primary N) is 2. The average Bonchev–Trinajstić information content (AvgIpc) is 3.20. The molecule has 3 aromatic heterocycles. The zero-order valence-corrected chi connectivity index (χ0v) is 16.3. The third-order valence-corrected chi connectivity index (χ3v) is 5.74. The van der Waals surface area contributed by atoms with Crippen LogP contribution in [0.15, 0.2) is 23.1 Å². The maximum absolute atomic E-state index is 12.4. The van der Waals surface area contributed by atoms with Crippen LogP contribution in [-0.2, 0) is 6.54 Å². The number of nitrogens with one attached hydrogen (secondary N) is 1. The molecule has 9 nitrogen and oxygen atoms in total. The van der Waals surface area contributed by atoms with Crippen LogP contribution in [0, 0.1) is 0 Å².